The zero-order chi connectivity index (χ0) is 19.9. The van der Waals surface area contributed by atoms with E-state index in [2.05, 4.69) is 29.7 Å². The number of halogens is 1. The minimum atomic E-state index is -0.188. The predicted molar refractivity (Wildman–Crippen MR) is 115 cm³/mol. The number of nitrogens with one attached hydrogen (secondary N) is 2. The fourth-order valence-corrected chi connectivity index (χ4v) is 3.18. The Bertz CT molecular complexity index is 944. The quantitative estimate of drug-likeness (QED) is 0.523. The summed E-state index contributed by atoms with van der Waals surface area (Å²) in [4.78, 5) is 12.5. The number of amides is 1. The van der Waals surface area contributed by atoms with Gasteiger partial charge in [0.2, 0.25) is 0 Å². The molecule has 3 aromatic rings. The third-order valence-electron chi connectivity index (χ3n) is 4.40. The number of hydrogen-bond acceptors (Lipinski definition) is 3. The number of carbonyl (C=O) groups is 1. The maximum atomic E-state index is 12.5. The molecule has 0 aliphatic carbocycles. The average Bonchev–Trinajstić information content (AvgIpc) is 2.71. The molecule has 1 unspecified atom stereocenters. The highest BCUT2D eigenvalue weighted by atomic mass is 35.5. The van der Waals surface area contributed by atoms with Crippen LogP contribution in [0.25, 0.3) is 0 Å². The van der Waals surface area contributed by atoms with Gasteiger partial charge < -0.3 is 15.4 Å². The van der Waals surface area contributed by atoms with Gasteiger partial charge in [-0.3, -0.25) is 4.79 Å². The van der Waals surface area contributed by atoms with E-state index in [1.54, 1.807) is 19.2 Å². The second kappa shape index (κ2) is 9.40. The lowest BCUT2D eigenvalue weighted by Gasteiger charge is -2.17. The Morgan fingerprint density at radius 2 is 1.82 bits per heavy atom. The van der Waals surface area contributed by atoms with E-state index in [0.29, 0.717) is 22.9 Å². The zero-order valence-corrected chi connectivity index (χ0v) is 16.7. The van der Waals surface area contributed by atoms with Crippen molar-refractivity contribution in [1.82, 2.24) is 0 Å². The van der Waals surface area contributed by atoms with E-state index in [0.717, 1.165) is 11.3 Å². The van der Waals surface area contributed by atoms with Gasteiger partial charge in [0.15, 0.2) is 0 Å². The van der Waals surface area contributed by atoms with Crippen LogP contribution in [0.5, 0.6) is 0 Å². The molecule has 3 aromatic carbocycles. The van der Waals surface area contributed by atoms with Gasteiger partial charge >= 0.3 is 0 Å². The van der Waals surface area contributed by atoms with Gasteiger partial charge in [-0.15, -0.1) is 0 Å². The summed E-state index contributed by atoms with van der Waals surface area (Å²) in [6.45, 7) is 2.54. The molecule has 1 amide bonds. The van der Waals surface area contributed by atoms with Crippen LogP contribution in [0.2, 0.25) is 5.02 Å². The van der Waals surface area contributed by atoms with Crippen molar-refractivity contribution in [1.29, 1.82) is 0 Å². The van der Waals surface area contributed by atoms with Gasteiger partial charge in [0.25, 0.3) is 5.91 Å². The van der Waals surface area contributed by atoms with Crippen LogP contribution in [0.4, 0.5) is 11.4 Å². The van der Waals surface area contributed by atoms with Gasteiger partial charge in [-0.2, -0.15) is 0 Å². The molecule has 0 aromatic heterocycles. The summed E-state index contributed by atoms with van der Waals surface area (Å²) in [5, 5.41) is 6.84. The monoisotopic (exact) mass is 394 g/mol. The molecule has 1 atom stereocenters. The summed E-state index contributed by atoms with van der Waals surface area (Å²) in [6, 6.07) is 23.1. The Morgan fingerprint density at radius 1 is 1.04 bits per heavy atom. The van der Waals surface area contributed by atoms with E-state index in [1.807, 2.05) is 48.5 Å². The molecule has 144 valence electrons. The Morgan fingerprint density at radius 3 is 2.54 bits per heavy atom. The first kappa shape index (κ1) is 19.9. The summed E-state index contributed by atoms with van der Waals surface area (Å²) in [5.74, 6) is -0.188. The molecule has 0 bridgehead atoms. The van der Waals surface area contributed by atoms with Crippen LogP contribution < -0.4 is 10.6 Å². The van der Waals surface area contributed by atoms with Crippen molar-refractivity contribution in [3.63, 3.8) is 0 Å². The summed E-state index contributed by atoms with van der Waals surface area (Å²) < 4.78 is 5.12. The molecular formula is C23H23ClN2O2. The molecule has 4 nitrogen and oxygen atoms in total. The summed E-state index contributed by atoms with van der Waals surface area (Å²) in [6.07, 6.45) is 0. The highest BCUT2D eigenvalue weighted by molar-refractivity contribution is 6.33. The van der Waals surface area contributed by atoms with E-state index in [-0.39, 0.29) is 11.9 Å². The standard InChI is InChI=1S/C23H23ClN2O2/c1-16(18-8-4-3-5-9-18)25-22-12-11-20(14-21(22)24)26-23(27)19-10-6-7-17(13-19)15-28-2/h3-14,16,25H,15H2,1-2H3,(H,26,27). The lowest BCUT2D eigenvalue weighted by atomic mass is 10.1. The van der Waals surface area contributed by atoms with Crippen LogP contribution in [-0.4, -0.2) is 13.0 Å². The Kier molecular flexibility index (Phi) is 6.69. The number of carbonyl (C=O) groups excluding carboxylic acids is 1. The van der Waals surface area contributed by atoms with Crippen molar-refractivity contribution in [3.05, 3.63) is 94.5 Å². The van der Waals surface area contributed by atoms with Gasteiger partial charge in [-0.1, -0.05) is 54.1 Å². The van der Waals surface area contributed by atoms with E-state index < -0.39 is 0 Å². The zero-order valence-electron chi connectivity index (χ0n) is 15.9. The molecule has 3 rings (SSSR count). The molecule has 0 radical (unpaired) electrons. The Labute approximate surface area is 170 Å². The first-order valence-electron chi connectivity index (χ1n) is 9.07. The number of methoxy groups -OCH3 is 1. The molecule has 0 aliphatic heterocycles. The first-order chi connectivity index (χ1) is 13.6. The van der Waals surface area contributed by atoms with E-state index >= 15 is 0 Å². The molecule has 0 aliphatic rings. The minimum absolute atomic E-state index is 0.114. The Hall–Kier alpha value is -2.82. The molecule has 0 heterocycles. The van der Waals surface area contributed by atoms with Gasteiger partial charge in [0, 0.05) is 24.4 Å². The number of anilines is 2. The fourth-order valence-electron chi connectivity index (χ4n) is 2.94. The topological polar surface area (TPSA) is 50.4 Å². The molecule has 0 spiro atoms. The minimum Gasteiger partial charge on any atom is -0.380 e. The lowest BCUT2D eigenvalue weighted by Crippen LogP contribution is -2.12. The molecule has 28 heavy (non-hydrogen) atoms. The second-order valence-corrected chi connectivity index (χ2v) is 6.97. The van der Waals surface area contributed by atoms with Crippen LogP contribution in [0.15, 0.2) is 72.8 Å². The van der Waals surface area contributed by atoms with Gasteiger partial charge in [-0.05, 0) is 48.4 Å². The molecule has 0 saturated carbocycles. The maximum Gasteiger partial charge on any atom is 0.255 e. The number of benzene rings is 3. The van der Waals surface area contributed by atoms with E-state index in [4.69, 9.17) is 16.3 Å². The predicted octanol–water partition coefficient (Wildman–Crippen LogP) is 5.91. The van der Waals surface area contributed by atoms with Crippen LogP contribution in [0, 0.1) is 0 Å². The van der Waals surface area contributed by atoms with Crippen molar-refractivity contribution in [2.75, 3.05) is 17.7 Å². The highest BCUT2D eigenvalue weighted by Gasteiger charge is 2.11. The number of hydrogen-bond donors (Lipinski definition) is 2. The second-order valence-electron chi connectivity index (χ2n) is 6.56. The van der Waals surface area contributed by atoms with Gasteiger partial charge in [0.1, 0.15) is 0 Å². The molecule has 0 saturated heterocycles. The number of rotatable bonds is 7. The first-order valence-corrected chi connectivity index (χ1v) is 9.45. The smallest absolute Gasteiger partial charge is 0.255 e. The molecule has 5 heteroatoms. The van der Waals surface area contributed by atoms with Crippen LogP contribution in [-0.2, 0) is 11.3 Å². The van der Waals surface area contributed by atoms with Crippen molar-refractivity contribution >= 4 is 28.9 Å². The van der Waals surface area contributed by atoms with Crippen molar-refractivity contribution in [2.24, 2.45) is 0 Å². The third-order valence-corrected chi connectivity index (χ3v) is 4.71. The molecule has 0 fully saturated rings. The summed E-state index contributed by atoms with van der Waals surface area (Å²) in [5.41, 5.74) is 4.16. The van der Waals surface area contributed by atoms with Crippen molar-refractivity contribution in [2.45, 2.75) is 19.6 Å². The van der Waals surface area contributed by atoms with Crippen molar-refractivity contribution < 1.29 is 9.53 Å². The van der Waals surface area contributed by atoms with Crippen LogP contribution in [0.3, 0.4) is 0 Å². The molecular weight excluding hydrogens is 372 g/mol. The summed E-state index contributed by atoms with van der Waals surface area (Å²) >= 11 is 6.43. The van der Waals surface area contributed by atoms with Crippen molar-refractivity contribution in [3.8, 4) is 0 Å². The SMILES string of the molecule is COCc1cccc(C(=O)Nc2ccc(NC(C)c3ccccc3)c(Cl)c2)c1. The van der Waals surface area contributed by atoms with Crippen LogP contribution >= 0.6 is 11.6 Å². The lowest BCUT2D eigenvalue weighted by molar-refractivity contribution is 0.102. The maximum absolute atomic E-state index is 12.5. The van der Waals surface area contributed by atoms with Gasteiger partial charge in [-0.25, -0.2) is 0 Å². The summed E-state index contributed by atoms with van der Waals surface area (Å²) in [7, 11) is 1.63. The van der Waals surface area contributed by atoms with Gasteiger partial charge in [0.05, 0.1) is 17.3 Å². The number of ether oxygens (including phenoxy) is 1. The largest absolute Gasteiger partial charge is 0.380 e. The van der Waals surface area contributed by atoms with E-state index in [1.165, 1.54) is 5.56 Å². The fraction of sp³-hybridized carbons (Fsp3) is 0.174. The Balaban J connectivity index is 1.68. The highest BCUT2D eigenvalue weighted by Crippen LogP contribution is 2.29. The normalized spacial score (nSPS) is 11.7. The average molecular weight is 395 g/mol. The van der Waals surface area contributed by atoms with E-state index in [9.17, 15) is 4.79 Å². The van der Waals surface area contributed by atoms with Crippen LogP contribution in [0.1, 0.15) is 34.5 Å². The third kappa shape index (κ3) is 5.12. The molecule has 2 N–H and O–H groups in total.